The summed E-state index contributed by atoms with van der Waals surface area (Å²) >= 11 is 4.81. The van der Waals surface area contributed by atoms with Crippen LogP contribution in [0.3, 0.4) is 0 Å². The molecule has 39 nitrogen and oxygen atoms in total. The molecule has 41 heteroatoms. The van der Waals surface area contributed by atoms with Crippen molar-refractivity contribution in [2.24, 2.45) is 4.99 Å². The van der Waals surface area contributed by atoms with E-state index in [4.69, 9.17) is 91.6 Å². The number of aliphatic hydroxyl groups excluding tert-OH is 1. The van der Waals surface area contributed by atoms with E-state index in [0.717, 1.165) is 34.4 Å². The Morgan fingerprint density at radius 3 is 1.09 bits per heavy atom. The van der Waals surface area contributed by atoms with Crippen LogP contribution in [-0.4, -0.2) is 192 Å². The van der Waals surface area contributed by atoms with Crippen molar-refractivity contribution in [3.63, 3.8) is 0 Å². The first-order valence-electron chi connectivity index (χ1n) is 41.9. The van der Waals surface area contributed by atoms with Crippen LogP contribution in [-0.2, 0) is 81.1 Å². The van der Waals surface area contributed by atoms with Gasteiger partial charge in [0.05, 0.1) is 97.1 Å². The van der Waals surface area contributed by atoms with Gasteiger partial charge in [0, 0.05) is 51.9 Å². The molecule has 0 spiro atoms. The Balaban J connectivity index is 0.000000403. The summed E-state index contributed by atoms with van der Waals surface area (Å²) in [7, 11) is 9.56. The molecule has 7 N–H and O–H groups in total. The fourth-order valence-electron chi connectivity index (χ4n) is 12.0. The molecule has 5 aliphatic heterocycles. The predicted molar refractivity (Wildman–Crippen MR) is 503 cm³/mol. The minimum Gasteiger partial charge on any atom is -0.870 e. The van der Waals surface area contributed by atoms with E-state index in [0.29, 0.717) is 63.7 Å². The third-order valence-corrected chi connectivity index (χ3v) is 19.3. The fraction of sp³-hybridized carbons (Fsp3) is 0.327. The number of nitrogens with one attached hydrogen (secondary N) is 3. The van der Waals surface area contributed by atoms with Crippen LogP contribution in [0.1, 0.15) is 152 Å². The quantitative estimate of drug-likeness (QED) is 0.00321. The standard InChI is InChI=1S/2C16H15NO5.C12H11NO2.C11H15NO4.C9H9NO4.C7H7NO3.C7H9NO.C6H15N.C5H4O2.C4H5ClO3.C4H8O.CH4.K.H2O/c2*1-10(18)22-15-14(13-4-3-9-21-13)17(16(15)19)11-5-7-12(20-2)8-6-11;1-14-11-6-4-10(5-7-11)13-9-12-3-2-8-15-12;1-11(2,14-3)16-9-8(12-10(9)13)7-5-4-6-15-7;1-5(11)14-8-7(10-9(8)12)6-3-2-4-13-6;9-6-5(8-7(6)10)4-2-1-3-11-4;1-9-7-4-2-6(8)3-5-7;1-4-7(5-2)6-3;6-4-5-2-1-3-7-5;1-3(6)8-2-4(5)7;1-4(2)5-3;;;/h2*3-9,14-15H,1-2H3;2-9H,1H3;4-6,8-9H,1-3H3,(H,12,13);2-4,7-8H,1H3,(H,10,12);1-3,5-6,9H,(H,8,10);2-5H,8H2,1H3;4-6H2,1-3H3;1-4H;2H2,1H3;1H2,2-3H3;1H4;;1H2/q;;;;;;;;;;;;+1;/p-1/t2*14-,15+;;8-,9+;7-,8+;5-,6+;;;;;;;;/m00.000......../s1. The number of esters is 4. The second kappa shape index (κ2) is 62.2. The van der Waals surface area contributed by atoms with Gasteiger partial charge in [-0.2, -0.15) is 0 Å². The van der Waals surface area contributed by atoms with Crippen molar-refractivity contribution in [2.45, 2.75) is 143 Å². The van der Waals surface area contributed by atoms with Crippen LogP contribution >= 0.6 is 11.6 Å². The van der Waals surface area contributed by atoms with Crippen LogP contribution < -0.4 is 102 Å². The Morgan fingerprint density at radius 1 is 0.482 bits per heavy atom. The number of nitrogen functional groups attached to an aromatic ring is 1. The van der Waals surface area contributed by atoms with Crippen molar-refractivity contribution in [3.8, 4) is 23.0 Å². The summed E-state index contributed by atoms with van der Waals surface area (Å²) in [5.41, 5.74) is 8.43. The van der Waals surface area contributed by atoms with Gasteiger partial charge in [0.15, 0.2) is 36.6 Å². The maximum atomic E-state index is 12.3. The predicted octanol–water partition coefficient (Wildman–Crippen LogP) is 11.7. The van der Waals surface area contributed by atoms with Gasteiger partial charge in [-0.25, -0.2) is 0 Å². The summed E-state index contributed by atoms with van der Waals surface area (Å²) < 4.78 is 90.5. The maximum absolute atomic E-state index is 12.3. The minimum atomic E-state index is -0.943. The zero-order valence-electron chi connectivity index (χ0n) is 79.3. The Kier molecular flexibility index (Phi) is 53.5. The molecule has 744 valence electrons. The van der Waals surface area contributed by atoms with Gasteiger partial charge in [-0.05, 0) is 234 Å². The van der Waals surface area contributed by atoms with Gasteiger partial charge in [0.25, 0.3) is 34.8 Å². The molecule has 5 amide bonds. The Morgan fingerprint density at radius 2 is 0.813 bits per heavy atom. The number of aldehydes is 1. The number of furan rings is 7. The summed E-state index contributed by atoms with van der Waals surface area (Å²) in [5.74, 6) is 3.87. The van der Waals surface area contributed by atoms with Gasteiger partial charge >= 0.3 is 75.3 Å². The number of nitrogens with zero attached hydrogens (tertiary/aromatic N) is 4. The fourth-order valence-corrected chi connectivity index (χ4v) is 12.0. The number of hydrogen-bond donors (Lipinski definition) is 5. The third kappa shape index (κ3) is 38.7. The van der Waals surface area contributed by atoms with E-state index in [2.05, 4.69) is 67.1 Å². The number of rotatable bonds is 26. The maximum Gasteiger partial charge on any atom is 1.00 e. The van der Waals surface area contributed by atoms with E-state index in [1.165, 1.54) is 78.6 Å². The molecule has 10 atom stereocenters. The molecule has 7 aromatic heterocycles. The first-order valence-corrected chi connectivity index (χ1v) is 42.3. The first-order chi connectivity index (χ1) is 65.1. The van der Waals surface area contributed by atoms with E-state index in [1.807, 2.05) is 48.5 Å². The molecule has 5 saturated heterocycles. The van der Waals surface area contributed by atoms with Gasteiger partial charge in [-0.3, -0.25) is 67.5 Å². The average molecular weight is 1980 g/mol. The minimum absolute atomic E-state index is 0. The van der Waals surface area contributed by atoms with Crippen LogP contribution in [0.4, 0.5) is 22.7 Å². The zero-order valence-corrected chi connectivity index (χ0v) is 83.2. The number of nitrogens with two attached hydrogens (primary N) is 1. The molecular formula is C98H118ClKN8O31. The van der Waals surface area contributed by atoms with E-state index < -0.39 is 77.5 Å². The van der Waals surface area contributed by atoms with Gasteiger partial charge in [0.2, 0.25) is 18.3 Å². The van der Waals surface area contributed by atoms with Crippen molar-refractivity contribution >= 4 is 106 Å². The molecule has 0 bridgehead atoms. The summed E-state index contributed by atoms with van der Waals surface area (Å²) in [6.45, 7) is 23.6. The number of amides is 5. The van der Waals surface area contributed by atoms with Gasteiger partial charge in [-0.1, -0.05) is 34.8 Å². The van der Waals surface area contributed by atoms with Crippen LogP contribution in [0.5, 0.6) is 23.0 Å². The molecule has 16 rings (SSSR count). The van der Waals surface area contributed by atoms with Gasteiger partial charge < -0.3 is 120 Å². The Hall–Kier alpha value is -13.7. The monoisotopic (exact) mass is 1980 g/mol. The number of aliphatic imine (C=N–C) groups is 1. The van der Waals surface area contributed by atoms with E-state index in [9.17, 15) is 52.7 Å². The molecule has 0 saturated carbocycles. The van der Waals surface area contributed by atoms with E-state index in [-0.39, 0.29) is 119 Å². The van der Waals surface area contributed by atoms with Crippen molar-refractivity contribution in [1.29, 1.82) is 0 Å². The number of methoxy groups -OCH3 is 6. The first kappa shape index (κ1) is 120. The Bertz CT molecular complexity index is 5310. The molecule has 5 fully saturated rings. The number of anilines is 3. The van der Waals surface area contributed by atoms with Crippen LogP contribution in [0.25, 0.3) is 0 Å². The molecule has 0 aliphatic carbocycles. The molecule has 139 heavy (non-hydrogen) atoms. The number of carbonyl (C=O) groups is 11. The van der Waals surface area contributed by atoms with Crippen molar-refractivity contribution < 1.29 is 198 Å². The SMILES string of the molecule is C.C=C(C)OC.CC(=O)OCC(=O)Cl.CC(=O)O[C@H]1C(=O)N[C@H]1c1ccco1.CCN(CC)CC.COC(C)(C)O[C@H]1C(=O)N[C@H]1c1ccco1.COc1ccc(N)cc1.COc1ccc(N2C(=O)[C@H](OC(C)=O)[C@@H]2c2ccco2)cc1.COc1ccc(N2C(=O)[C@H](OC(C)=O)[C@@H]2c2ccco2)cc1.COc1ccc(N=Cc2ccco2)cc1.O=C1N[C@@H](c2ccco2)[C@H]1O.O=Cc1ccco1.[K+].[OH-]. The number of benzene rings is 4. The molecule has 0 radical (unpaired) electrons. The molecule has 12 heterocycles. The smallest absolute Gasteiger partial charge is 0.870 e. The van der Waals surface area contributed by atoms with Gasteiger partial charge in [0.1, 0.15) is 87.8 Å². The van der Waals surface area contributed by atoms with Gasteiger partial charge in [-0.15, -0.1) is 0 Å². The number of carbonyl (C=O) groups excluding carboxylic acids is 11. The van der Waals surface area contributed by atoms with Crippen molar-refractivity contribution in [1.82, 2.24) is 20.9 Å². The van der Waals surface area contributed by atoms with Crippen molar-refractivity contribution in [2.75, 3.05) is 84.4 Å². The summed E-state index contributed by atoms with van der Waals surface area (Å²) in [4.78, 5) is 130. The largest absolute Gasteiger partial charge is 1.00 e. The van der Waals surface area contributed by atoms with Crippen LogP contribution in [0.2, 0.25) is 0 Å². The number of allylic oxidation sites excluding steroid dienone is 1. The number of hydrogen-bond acceptors (Lipinski definition) is 34. The second-order valence-corrected chi connectivity index (χ2v) is 29.4. The number of β-lactam (4-membered cyclic amide) rings is 5. The zero-order chi connectivity index (χ0) is 100.0. The van der Waals surface area contributed by atoms with E-state index in [1.54, 1.807) is 225 Å². The summed E-state index contributed by atoms with van der Waals surface area (Å²) in [5, 5.41) is 16.2. The number of ether oxygens (including phenoxy) is 11. The second-order valence-electron chi connectivity index (χ2n) is 29.0. The average Bonchev–Trinajstić information content (AvgIpc) is 1.73. The molecule has 5 aliphatic rings. The summed E-state index contributed by atoms with van der Waals surface area (Å²) in [6.07, 6.45) is 9.10. The van der Waals surface area contributed by atoms with Crippen LogP contribution in [0, 0.1) is 0 Å². The Labute approximate surface area is 851 Å². The molecule has 4 aromatic carbocycles. The molecular weight excluding hydrogens is 1860 g/mol. The van der Waals surface area contributed by atoms with E-state index >= 15 is 0 Å². The number of aliphatic hydroxyl groups is 1. The summed E-state index contributed by atoms with van der Waals surface area (Å²) in [6, 6.07) is 51.5. The normalized spacial score (nSPS) is 17.6. The number of halogens is 1. The van der Waals surface area contributed by atoms with Crippen molar-refractivity contribution in [3.05, 3.63) is 278 Å². The third-order valence-electron chi connectivity index (χ3n) is 19.2. The molecule has 11 aromatic rings. The van der Waals surface area contributed by atoms with Crippen LogP contribution in [0.15, 0.2) is 274 Å². The topological polar surface area (TPSA) is 516 Å². The molecule has 0 unspecified atom stereocenters.